The van der Waals surface area contributed by atoms with E-state index in [2.05, 4.69) is 53.7 Å². The predicted octanol–water partition coefficient (Wildman–Crippen LogP) is 4.43. The van der Waals surface area contributed by atoms with Crippen molar-refractivity contribution in [2.75, 3.05) is 0 Å². The number of hydrogen-bond acceptors (Lipinski definition) is 0. The van der Waals surface area contributed by atoms with E-state index in [1.54, 1.807) is 0 Å². The first-order chi connectivity index (χ1) is 6.43. The van der Waals surface area contributed by atoms with Crippen LogP contribution in [-0.2, 0) is 0 Å². The maximum Gasteiger partial charge on any atom is -0.0169 e. The van der Waals surface area contributed by atoms with Crippen molar-refractivity contribution in [1.82, 2.24) is 0 Å². The largest absolute Gasteiger partial charge is 0.0729 e. The molecule has 76 valence electrons. The van der Waals surface area contributed by atoms with Gasteiger partial charge in [-0.3, -0.25) is 0 Å². The van der Waals surface area contributed by atoms with Gasteiger partial charge in [0.25, 0.3) is 0 Å². The van der Waals surface area contributed by atoms with Crippen LogP contribution in [0.4, 0.5) is 0 Å². The summed E-state index contributed by atoms with van der Waals surface area (Å²) in [5.41, 5.74) is 8.38. The van der Waals surface area contributed by atoms with Crippen LogP contribution in [0.25, 0.3) is 5.57 Å². The third kappa shape index (κ3) is 2.06. The molecule has 1 rings (SSSR count). The summed E-state index contributed by atoms with van der Waals surface area (Å²) >= 11 is 0. The van der Waals surface area contributed by atoms with E-state index in [0.29, 0.717) is 0 Å². The van der Waals surface area contributed by atoms with Crippen LogP contribution in [0.2, 0.25) is 0 Å². The van der Waals surface area contributed by atoms with Gasteiger partial charge in [0.2, 0.25) is 0 Å². The number of rotatable bonds is 1. The first-order valence-corrected chi connectivity index (χ1v) is 5.15. The topological polar surface area (TPSA) is 0 Å². The number of allylic oxidation sites excluding steroid dienone is 2. The molecule has 0 nitrogen and oxygen atoms in total. The molecule has 0 unspecified atom stereocenters. The van der Waals surface area contributed by atoms with E-state index in [0.717, 1.165) is 0 Å². The summed E-state index contributed by atoms with van der Waals surface area (Å²) in [6.45, 7) is 13.1. The molecule has 0 radical (unpaired) electrons. The second-order valence-corrected chi connectivity index (χ2v) is 4.40. The second-order valence-electron chi connectivity index (χ2n) is 4.40. The molecule has 0 amide bonds. The van der Waals surface area contributed by atoms with Crippen molar-refractivity contribution in [1.29, 1.82) is 0 Å². The lowest BCUT2D eigenvalue weighted by molar-refractivity contribution is 1.26. The second kappa shape index (κ2) is 4.00. The Bertz CT molecular complexity index is 354. The summed E-state index contributed by atoms with van der Waals surface area (Å²) < 4.78 is 0. The molecular weight excluding hydrogens is 168 g/mol. The standard InChI is InChI=1S/C14H20/c1-9(2)13(6)14-11(4)7-10(3)8-12(14)5/h7-8H,1-6H3. The van der Waals surface area contributed by atoms with Gasteiger partial charge >= 0.3 is 0 Å². The highest BCUT2D eigenvalue weighted by molar-refractivity contribution is 5.71. The molecule has 0 saturated heterocycles. The molecule has 0 N–H and O–H groups in total. The van der Waals surface area contributed by atoms with Crippen LogP contribution in [0.3, 0.4) is 0 Å². The van der Waals surface area contributed by atoms with Gasteiger partial charge in [0.1, 0.15) is 0 Å². The van der Waals surface area contributed by atoms with Crippen molar-refractivity contribution >= 4 is 5.57 Å². The predicted molar refractivity (Wildman–Crippen MR) is 64.6 cm³/mol. The van der Waals surface area contributed by atoms with E-state index in [1.807, 2.05) is 0 Å². The molecule has 0 aliphatic heterocycles. The van der Waals surface area contributed by atoms with Gasteiger partial charge in [0, 0.05) is 0 Å². The molecule has 0 aliphatic rings. The first kappa shape index (κ1) is 11.0. The lowest BCUT2D eigenvalue weighted by Crippen LogP contribution is -1.93. The summed E-state index contributed by atoms with van der Waals surface area (Å²) in [7, 11) is 0. The average molecular weight is 188 g/mol. The van der Waals surface area contributed by atoms with Crippen LogP contribution in [0, 0.1) is 20.8 Å². The Labute approximate surface area is 87.7 Å². The Morgan fingerprint density at radius 2 is 1.29 bits per heavy atom. The number of hydrogen-bond donors (Lipinski definition) is 0. The third-order valence-corrected chi connectivity index (χ3v) is 2.80. The van der Waals surface area contributed by atoms with E-state index in [9.17, 15) is 0 Å². The van der Waals surface area contributed by atoms with Crippen LogP contribution in [0.15, 0.2) is 17.7 Å². The van der Waals surface area contributed by atoms with Crippen LogP contribution < -0.4 is 0 Å². The van der Waals surface area contributed by atoms with Gasteiger partial charge in [-0.1, -0.05) is 23.3 Å². The molecule has 0 saturated carbocycles. The zero-order valence-corrected chi connectivity index (χ0v) is 10.2. The van der Waals surface area contributed by atoms with Crippen LogP contribution in [0.1, 0.15) is 43.0 Å². The minimum absolute atomic E-state index is 1.35. The summed E-state index contributed by atoms with van der Waals surface area (Å²) in [6.07, 6.45) is 0. The molecule has 0 spiro atoms. The van der Waals surface area contributed by atoms with Gasteiger partial charge in [-0.05, 0) is 63.8 Å². The highest BCUT2D eigenvalue weighted by atomic mass is 14.1. The zero-order valence-electron chi connectivity index (χ0n) is 10.2. The Kier molecular flexibility index (Phi) is 3.15. The fourth-order valence-corrected chi connectivity index (χ4v) is 2.02. The molecule has 0 aromatic heterocycles. The van der Waals surface area contributed by atoms with Crippen LogP contribution >= 0.6 is 0 Å². The van der Waals surface area contributed by atoms with Gasteiger partial charge < -0.3 is 0 Å². The Hall–Kier alpha value is -1.04. The summed E-state index contributed by atoms with van der Waals surface area (Å²) in [4.78, 5) is 0. The Morgan fingerprint density at radius 3 is 1.64 bits per heavy atom. The van der Waals surface area contributed by atoms with E-state index >= 15 is 0 Å². The summed E-state index contributed by atoms with van der Waals surface area (Å²) in [5.74, 6) is 0. The maximum absolute atomic E-state index is 2.26. The normalized spacial score (nSPS) is 10.1. The van der Waals surface area contributed by atoms with E-state index < -0.39 is 0 Å². The first-order valence-electron chi connectivity index (χ1n) is 5.15. The molecular formula is C14H20. The lowest BCUT2D eigenvalue weighted by atomic mass is 9.92. The van der Waals surface area contributed by atoms with Crippen LogP contribution in [0.5, 0.6) is 0 Å². The number of aryl methyl sites for hydroxylation is 3. The molecule has 0 bridgehead atoms. The maximum atomic E-state index is 2.26. The molecule has 1 aromatic carbocycles. The van der Waals surface area contributed by atoms with Gasteiger partial charge in [0.15, 0.2) is 0 Å². The average Bonchev–Trinajstić information content (AvgIpc) is 2.01. The van der Waals surface area contributed by atoms with E-state index in [4.69, 9.17) is 0 Å². The minimum Gasteiger partial charge on any atom is -0.0729 e. The Morgan fingerprint density at radius 1 is 0.857 bits per heavy atom. The van der Waals surface area contributed by atoms with E-state index in [-0.39, 0.29) is 0 Å². The quantitative estimate of drug-likeness (QED) is 0.611. The monoisotopic (exact) mass is 188 g/mol. The van der Waals surface area contributed by atoms with Gasteiger partial charge in [-0.25, -0.2) is 0 Å². The van der Waals surface area contributed by atoms with Crippen molar-refractivity contribution < 1.29 is 0 Å². The highest BCUT2D eigenvalue weighted by Gasteiger charge is 2.06. The minimum atomic E-state index is 1.35. The van der Waals surface area contributed by atoms with Crippen molar-refractivity contribution in [2.45, 2.75) is 41.5 Å². The number of benzene rings is 1. The molecule has 0 fully saturated rings. The molecule has 0 heteroatoms. The molecule has 0 aliphatic carbocycles. The zero-order chi connectivity index (χ0) is 10.9. The summed E-state index contributed by atoms with van der Waals surface area (Å²) in [6, 6.07) is 4.52. The van der Waals surface area contributed by atoms with Crippen molar-refractivity contribution in [3.05, 3.63) is 40.0 Å². The third-order valence-electron chi connectivity index (χ3n) is 2.80. The van der Waals surface area contributed by atoms with Crippen LogP contribution in [-0.4, -0.2) is 0 Å². The molecule has 1 aromatic rings. The summed E-state index contributed by atoms with van der Waals surface area (Å²) in [5, 5.41) is 0. The SMILES string of the molecule is CC(C)=C(C)c1c(C)cc(C)cc1C. The fourth-order valence-electron chi connectivity index (χ4n) is 2.02. The molecule has 0 heterocycles. The van der Waals surface area contributed by atoms with Gasteiger partial charge in [-0.15, -0.1) is 0 Å². The smallest absolute Gasteiger partial charge is 0.0169 e. The lowest BCUT2D eigenvalue weighted by Gasteiger charge is -2.13. The van der Waals surface area contributed by atoms with Crippen molar-refractivity contribution in [3.8, 4) is 0 Å². The molecule has 14 heavy (non-hydrogen) atoms. The van der Waals surface area contributed by atoms with Gasteiger partial charge in [0.05, 0.1) is 0 Å². The van der Waals surface area contributed by atoms with Crippen molar-refractivity contribution in [3.63, 3.8) is 0 Å². The van der Waals surface area contributed by atoms with Crippen molar-refractivity contribution in [2.24, 2.45) is 0 Å². The highest BCUT2D eigenvalue weighted by Crippen LogP contribution is 2.26. The molecule has 0 atom stereocenters. The Balaban J connectivity index is 3.43. The van der Waals surface area contributed by atoms with E-state index in [1.165, 1.54) is 33.4 Å². The van der Waals surface area contributed by atoms with Gasteiger partial charge in [-0.2, -0.15) is 0 Å². The fraction of sp³-hybridized carbons (Fsp3) is 0.429.